The number of hydrogen-bond donors (Lipinski definition) is 3. The first-order valence-electron chi connectivity index (χ1n) is 2.81. The first-order chi connectivity index (χ1) is 5.07. The summed E-state index contributed by atoms with van der Waals surface area (Å²) in [5, 5.41) is 8.27. The summed E-state index contributed by atoms with van der Waals surface area (Å²) in [5.41, 5.74) is 3.98. The molecule has 11 heavy (non-hydrogen) atoms. The number of hydrogen-bond acceptors (Lipinski definition) is 4. The summed E-state index contributed by atoms with van der Waals surface area (Å²) in [5.74, 6) is -2.02. The summed E-state index contributed by atoms with van der Waals surface area (Å²) >= 11 is 0. The summed E-state index contributed by atoms with van der Waals surface area (Å²) < 4.78 is 0. The molecule has 6 heteroatoms. The van der Waals surface area contributed by atoms with Crippen LogP contribution in [-0.2, 0) is 14.4 Å². The van der Waals surface area contributed by atoms with E-state index in [1.165, 1.54) is 6.92 Å². The highest BCUT2D eigenvalue weighted by Gasteiger charge is 2.09. The maximum absolute atomic E-state index is 10.2. The van der Waals surface area contributed by atoms with Gasteiger partial charge in [0.1, 0.15) is 6.04 Å². The van der Waals surface area contributed by atoms with E-state index >= 15 is 0 Å². The lowest BCUT2D eigenvalue weighted by Crippen LogP contribution is -2.46. The van der Waals surface area contributed by atoms with Gasteiger partial charge in [0, 0.05) is 0 Å². The maximum Gasteiger partial charge on any atom is 0.322 e. The lowest BCUT2D eigenvalue weighted by atomic mass is 10.4. The summed E-state index contributed by atoms with van der Waals surface area (Å²) in [6.07, 6.45) is 0.0432. The Kier molecular flexibility index (Phi) is 3.82. The van der Waals surface area contributed by atoms with E-state index in [9.17, 15) is 14.4 Å². The molecule has 1 atom stereocenters. The molecule has 0 heterocycles. The monoisotopic (exact) mass is 160 g/mol. The second kappa shape index (κ2) is 4.40. The Morgan fingerprint density at radius 3 is 2.45 bits per heavy atom. The molecule has 0 aromatic rings. The van der Waals surface area contributed by atoms with Crippen LogP contribution in [0.1, 0.15) is 6.92 Å². The lowest BCUT2D eigenvalue weighted by Gasteiger charge is -2.07. The number of carboxylic acids is 1. The maximum atomic E-state index is 10.2. The van der Waals surface area contributed by atoms with Gasteiger partial charge in [-0.15, -0.1) is 0 Å². The average Bonchev–Trinajstić information content (AvgIpc) is 1.99. The fourth-order valence-corrected chi connectivity index (χ4v) is 0.271. The third-order valence-corrected chi connectivity index (χ3v) is 0.889. The number of carbonyl (C=O) groups is 3. The Bertz CT molecular complexity index is 179. The molecule has 0 bridgehead atoms. The van der Waals surface area contributed by atoms with Gasteiger partial charge in [-0.2, -0.15) is 0 Å². The number of carbonyl (C=O) groups excluding carboxylic acids is 2. The van der Waals surface area contributed by atoms with Gasteiger partial charge in [0.15, 0.2) is 0 Å². The Labute approximate surface area is 62.5 Å². The van der Waals surface area contributed by atoms with Crippen molar-refractivity contribution in [3.63, 3.8) is 0 Å². The number of hydrazine groups is 1. The van der Waals surface area contributed by atoms with Gasteiger partial charge in [0.2, 0.25) is 6.29 Å². The van der Waals surface area contributed by atoms with E-state index in [0.717, 1.165) is 0 Å². The largest absolute Gasteiger partial charge is 0.480 e. The van der Waals surface area contributed by atoms with Crippen LogP contribution in [0, 0.1) is 0 Å². The van der Waals surface area contributed by atoms with E-state index in [0.29, 0.717) is 0 Å². The molecular weight excluding hydrogens is 152 g/mol. The molecule has 0 saturated carbocycles. The Balaban J connectivity index is 3.62. The highest BCUT2D eigenvalue weighted by atomic mass is 16.4. The van der Waals surface area contributed by atoms with Crippen molar-refractivity contribution in [1.82, 2.24) is 10.9 Å². The van der Waals surface area contributed by atoms with Gasteiger partial charge in [-0.3, -0.25) is 19.8 Å². The fourth-order valence-electron chi connectivity index (χ4n) is 0.271. The number of aliphatic carboxylic acids is 1. The van der Waals surface area contributed by atoms with Crippen molar-refractivity contribution in [2.75, 3.05) is 0 Å². The third kappa shape index (κ3) is 4.04. The molecule has 62 valence electrons. The molecule has 0 spiro atoms. The van der Waals surface area contributed by atoms with Gasteiger partial charge in [0.05, 0.1) is 0 Å². The van der Waals surface area contributed by atoms with Gasteiger partial charge < -0.3 is 5.11 Å². The SMILES string of the molecule is C[C@H](NNC(=O)C=O)C(=O)O. The number of carboxylic acid groups (broad SMARTS) is 1. The van der Waals surface area contributed by atoms with E-state index < -0.39 is 17.9 Å². The molecule has 0 aromatic carbocycles. The standard InChI is InChI=1S/C5H8N2O4/c1-3(5(10)11)6-7-4(9)2-8/h2-3,6H,1H3,(H,7,9)(H,10,11)/t3-/m0/s1. The molecule has 3 N–H and O–H groups in total. The first-order valence-corrected chi connectivity index (χ1v) is 2.81. The van der Waals surface area contributed by atoms with Crippen molar-refractivity contribution in [2.45, 2.75) is 13.0 Å². The topological polar surface area (TPSA) is 95.5 Å². The molecule has 0 aliphatic rings. The molecule has 0 aliphatic carbocycles. The predicted molar refractivity (Wildman–Crippen MR) is 34.4 cm³/mol. The molecule has 0 aliphatic heterocycles. The van der Waals surface area contributed by atoms with Crippen LogP contribution in [0.2, 0.25) is 0 Å². The lowest BCUT2D eigenvalue weighted by molar-refractivity contribution is -0.140. The summed E-state index contributed by atoms with van der Waals surface area (Å²) in [6, 6.07) is -0.918. The zero-order valence-corrected chi connectivity index (χ0v) is 5.83. The number of amides is 1. The fraction of sp³-hybridized carbons (Fsp3) is 0.400. The second-order valence-electron chi connectivity index (χ2n) is 1.81. The van der Waals surface area contributed by atoms with Crippen LogP contribution >= 0.6 is 0 Å². The minimum atomic E-state index is -1.11. The van der Waals surface area contributed by atoms with Crippen molar-refractivity contribution in [1.29, 1.82) is 0 Å². The zero-order valence-electron chi connectivity index (χ0n) is 5.83. The van der Waals surface area contributed by atoms with Crippen LogP contribution < -0.4 is 10.9 Å². The molecule has 0 saturated heterocycles. The van der Waals surface area contributed by atoms with E-state index in [1.54, 1.807) is 0 Å². The third-order valence-electron chi connectivity index (χ3n) is 0.889. The molecule has 0 unspecified atom stereocenters. The number of aldehydes is 1. The minimum absolute atomic E-state index is 0.0432. The van der Waals surface area contributed by atoms with Gasteiger partial charge in [0.25, 0.3) is 5.91 Å². The van der Waals surface area contributed by atoms with Gasteiger partial charge in [-0.05, 0) is 6.92 Å². The van der Waals surface area contributed by atoms with Crippen molar-refractivity contribution in [3.05, 3.63) is 0 Å². The first kappa shape index (κ1) is 9.57. The minimum Gasteiger partial charge on any atom is -0.480 e. The molecule has 0 rings (SSSR count). The van der Waals surface area contributed by atoms with Gasteiger partial charge >= 0.3 is 5.97 Å². The second-order valence-corrected chi connectivity index (χ2v) is 1.81. The Hall–Kier alpha value is -1.43. The highest BCUT2D eigenvalue weighted by molar-refractivity contribution is 6.23. The Morgan fingerprint density at radius 1 is 1.55 bits per heavy atom. The van der Waals surface area contributed by atoms with Crippen LogP contribution in [0.15, 0.2) is 0 Å². The molecule has 1 amide bonds. The van der Waals surface area contributed by atoms with Crippen LogP contribution in [-0.4, -0.2) is 29.3 Å². The van der Waals surface area contributed by atoms with Crippen LogP contribution in [0.5, 0.6) is 0 Å². The summed E-state index contributed by atoms with van der Waals surface area (Å²) in [4.78, 5) is 30.0. The summed E-state index contributed by atoms with van der Waals surface area (Å²) in [6.45, 7) is 1.33. The van der Waals surface area contributed by atoms with Crippen molar-refractivity contribution in [2.24, 2.45) is 0 Å². The predicted octanol–water partition coefficient (Wildman–Crippen LogP) is -1.72. The average molecular weight is 160 g/mol. The van der Waals surface area contributed by atoms with E-state index in [4.69, 9.17) is 5.11 Å². The highest BCUT2D eigenvalue weighted by Crippen LogP contribution is 1.75. The van der Waals surface area contributed by atoms with Crippen molar-refractivity contribution in [3.8, 4) is 0 Å². The quantitative estimate of drug-likeness (QED) is 0.258. The van der Waals surface area contributed by atoms with Crippen LogP contribution in [0.3, 0.4) is 0 Å². The molecule has 6 nitrogen and oxygen atoms in total. The molecule has 0 aromatic heterocycles. The zero-order chi connectivity index (χ0) is 8.85. The smallest absolute Gasteiger partial charge is 0.322 e. The van der Waals surface area contributed by atoms with E-state index in [2.05, 4.69) is 5.43 Å². The van der Waals surface area contributed by atoms with Crippen molar-refractivity contribution >= 4 is 18.2 Å². The van der Waals surface area contributed by atoms with Crippen LogP contribution in [0.4, 0.5) is 0 Å². The van der Waals surface area contributed by atoms with Crippen molar-refractivity contribution < 1.29 is 19.5 Å². The Morgan fingerprint density at radius 2 is 2.09 bits per heavy atom. The number of rotatable bonds is 4. The van der Waals surface area contributed by atoms with Crippen LogP contribution in [0.25, 0.3) is 0 Å². The normalized spacial score (nSPS) is 11.7. The van der Waals surface area contributed by atoms with E-state index in [1.807, 2.05) is 5.43 Å². The molecular formula is C5H8N2O4. The van der Waals surface area contributed by atoms with Gasteiger partial charge in [-0.25, -0.2) is 5.43 Å². The molecule has 0 radical (unpaired) electrons. The number of nitrogens with one attached hydrogen (secondary N) is 2. The van der Waals surface area contributed by atoms with Gasteiger partial charge in [-0.1, -0.05) is 0 Å². The van der Waals surface area contributed by atoms with E-state index in [-0.39, 0.29) is 6.29 Å². The molecule has 0 fully saturated rings. The summed E-state index contributed by atoms with van der Waals surface area (Å²) in [7, 11) is 0.